The van der Waals surface area contributed by atoms with Crippen LogP contribution in [0.1, 0.15) is 50.9 Å². The number of nitrogens with one attached hydrogen (secondary N) is 2. The summed E-state index contributed by atoms with van der Waals surface area (Å²) in [6.45, 7) is 9.34. The van der Waals surface area contributed by atoms with Gasteiger partial charge in [0, 0.05) is 23.8 Å². The van der Waals surface area contributed by atoms with Crippen LogP contribution in [-0.4, -0.2) is 28.6 Å². The average Bonchev–Trinajstić information content (AvgIpc) is 3.05. The third-order valence-electron chi connectivity index (χ3n) is 6.77. The smallest absolute Gasteiger partial charge is 0.341 e. The van der Waals surface area contributed by atoms with Crippen molar-refractivity contribution in [1.82, 2.24) is 9.97 Å². The number of rotatable bonds is 4. The van der Waals surface area contributed by atoms with Crippen LogP contribution in [0.25, 0.3) is 11.0 Å². The third kappa shape index (κ3) is 2.43. The largest absolute Gasteiger partial charge is 0.462 e. The van der Waals surface area contributed by atoms with Crippen molar-refractivity contribution in [1.29, 1.82) is 0 Å². The number of fused-ring (bicyclic) bond motifs is 3. The predicted molar refractivity (Wildman–Crippen MR) is 98.6 cm³/mol. The molecule has 0 saturated heterocycles. The maximum atomic E-state index is 12.4. The number of pyridine rings is 1. The molecule has 2 aromatic rings. The van der Waals surface area contributed by atoms with Gasteiger partial charge in [0.15, 0.2) is 0 Å². The van der Waals surface area contributed by atoms with E-state index in [0.29, 0.717) is 29.5 Å². The highest BCUT2D eigenvalue weighted by atomic mass is 16.5. The van der Waals surface area contributed by atoms with E-state index in [0.717, 1.165) is 35.0 Å². The van der Waals surface area contributed by atoms with Gasteiger partial charge >= 0.3 is 5.97 Å². The molecular weight excluding hydrogens is 314 g/mol. The quantitative estimate of drug-likeness (QED) is 0.817. The van der Waals surface area contributed by atoms with Gasteiger partial charge in [-0.15, -0.1) is 0 Å². The van der Waals surface area contributed by atoms with Crippen LogP contribution in [0.15, 0.2) is 18.5 Å². The zero-order chi connectivity index (χ0) is 17.8. The van der Waals surface area contributed by atoms with Crippen LogP contribution < -0.4 is 5.32 Å². The lowest BCUT2D eigenvalue weighted by Gasteiger charge is -2.62. The molecule has 2 heterocycles. The number of hydrogen-bond donors (Lipinski definition) is 2. The van der Waals surface area contributed by atoms with E-state index >= 15 is 0 Å². The summed E-state index contributed by atoms with van der Waals surface area (Å²) in [4.78, 5) is 19.9. The normalized spacial score (nSPS) is 29.9. The van der Waals surface area contributed by atoms with Crippen molar-refractivity contribution in [2.24, 2.45) is 23.2 Å². The first kappa shape index (κ1) is 16.4. The molecule has 5 rings (SSSR count). The van der Waals surface area contributed by atoms with Gasteiger partial charge in [0.25, 0.3) is 0 Å². The van der Waals surface area contributed by atoms with Crippen molar-refractivity contribution < 1.29 is 9.53 Å². The van der Waals surface area contributed by atoms with Crippen molar-refractivity contribution >= 4 is 22.7 Å². The van der Waals surface area contributed by atoms with E-state index < -0.39 is 0 Å². The number of aromatic amines is 1. The Morgan fingerprint density at radius 2 is 2.24 bits per heavy atom. The average molecular weight is 341 g/mol. The summed E-state index contributed by atoms with van der Waals surface area (Å²) in [5.41, 5.74) is 2.63. The molecule has 2 N–H and O–H groups in total. The highest BCUT2D eigenvalue weighted by Gasteiger charge is 2.56. The van der Waals surface area contributed by atoms with Gasteiger partial charge < -0.3 is 15.0 Å². The molecule has 5 heteroatoms. The molecule has 3 aliphatic rings. The molecule has 0 aliphatic heterocycles. The molecule has 0 spiro atoms. The Labute approximate surface area is 148 Å². The maximum absolute atomic E-state index is 12.4. The Hall–Kier alpha value is -2.04. The van der Waals surface area contributed by atoms with Crippen LogP contribution in [0.4, 0.5) is 5.69 Å². The minimum atomic E-state index is -0.311. The van der Waals surface area contributed by atoms with Gasteiger partial charge in [-0.05, 0) is 49.0 Å². The van der Waals surface area contributed by atoms with Crippen LogP contribution >= 0.6 is 0 Å². The van der Waals surface area contributed by atoms with Gasteiger partial charge in [0.2, 0.25) is 0 Å². The first-order valence-electron chi connectivity index (χ1n) is 9.33. The fourth-order valence-electron chi connectivity index (χ4n) is 5.05. The number of ether oxygens (including phenoxy) is 1. The molecular formula is C20H27N3O2. The van der Waals surface area contributed by atoms with Crippen molar-refractivity contribution in [3.8, 4) is 0 Å². The number of H-pyrrole nitrogens is 1. The first-order valence-corrected chi connectivity index (χ1v) is 9.33. The summed E-state index contributed by atoms with van der Waals surface area (Å²) in [6, 6.07) is 2.36. The molecule has 0 amide bonds. The Balaban J connectivity index is 1.68. The van der Waals surface area contributed by atoms with Gasteiger partial charge in [0.05, 0.1) is 12.3 Å². The van der Waals surface area contributed by atoms with E-state index in [1.165, 1.54) is 6.42 Å². The molecule has 4 atom stereocenters. The Morgan fingerprint density at radius 1 is 1.44 bits per heavy atom. The summed E-state index contributed by atoms with van der Waals surface area (Å²) in [5.74, 6) is 1.78. The van der Waals surface area contributed by atoms with Gasteiger partial charge in [-0.3, -0.25) is 0 Å². The highest BCUT2D eigenvalue weighted by Crippen LogP contribution is 2.61. The molecule has 2 aromatic heterocycles. The van der Waals surface area contributed by atoms with E-state index in [4.69, 9.17) is 4.74 Å². The Bertz CT molecular complexity index is 810. The SMILES string of the molecule is CCOC(=O)c1cnc2[nH]ccc2c1N[C@@H]1C[C@H]2C[C@@H]([C@H]1C)C2(C)C. The van der Waals surface area contributed by atoms with Gasteiger partial charge in [-0.2, -0.15) is 0 Å². The van der Waals surface area contributed by atoms with Gasteiger partial charge in [0.1, 0.15) is 11.2 Å². The zero-order valence-electron chi connectivity index (χ0n) is 15.4. The van der Waals surface area contributed by atoms with Crippen molar-refractivity contribution in [2.75, 3.05) is 11.9 Å². The van der Waals surface area contributed by atoms with E-state index in [9.17, 15) is 4.79 Å². The minimum Gasteiger partial charge on any atom is -0.462 e. The molecule has 3 saturated carbocycles. The number of nitrogens with zero attached hydrogens (tertiary/aromatic N) is 1. The summed E-state index contributed by atoms with van der Waals surface area (Å²) in [7, 11) is 0. The second-order valence-electron chi connectivity index (χ2n) is 8.21. The second kappa shape index (κ2) is 5.75. The molecule has 0 aromatic carbocycles. The minimum absolute atomic E-state index is 0.311. The lowest BCUT2D eigenvalue weighted by atomic mass is 9.45. The Kier molecular flexibility index (Phi) is 3.78. The third-order valence-corrected chi connectivity index (χ3v) is 6.77. The molecule has 5 nitrogen and oxygen atoms in total. The summed E-state index contributed by atoms with van der Waals surface area (Å²) >= 11 is 0. The van der Waals surface area contributed by atoms with Crippen LogP contribution in [0.3, 0.4) is 0 Å². The zero-order valence-corrected chi connectivity index (χ0v) is 15.4. The fourth-order valence-corrected chi connectivity index (χ4v) is 5.05. The topological polar surface area (TPSA) is 67.0 Å². The Morgan fingerprint density at radius 3 is 2.92 bits per heavy atom. The van der Waals surface area contributed by atoms with Gasteiger partial charge in [-0.25, -0.2) is 9.78 Å². The number of carbonyl (C=O) groups excluding carboxylic acids is 1. The van der Waals surface area contributed by atoms with E-state index in [1.54, 1.807) is 6.20 Å². The lowest BCUT2D eigenvalue weighted by molar-refractivity contribution is -0.105. The molecule has 2 bridgehead atoms. The molecule has 25 heavy (non-hydrogen) atoms. The molecule has 0 radical (unpaired) electrons. The number of aromatic nitrogens is 2. The molecule has 0 unspecified atom stereocenters. The fraction of sp³-hybridized carbons (Fsp3) is 0.600. The van der Waals surface area contributed by atoms with Crippen molar-refractivity contribution in [3.05, 3.63) is 24.0 Å². The van der Waals surface area contributed by atoms with Crippen LogP contribution in [0.2, 0.25) is 0 Å². The van der Waals surface area contributed by atoms with E-state index in [2.05, 4.69) is 36.1 Å². The van der Waals surface area contributed by atoms with E-state index in [1.807, 2.05) is 19.2 Å². The summed E-state index contributed by atoms with van der Waals surface area (Å²) < 4.78 is 5.24. The number of anilines is 1. The summed E-state index contributed by atoms with van der Waals surface area (Å²) in [6.07, 6.45) is 5.98. The molecule has 134 valence electrons. The van der Waals surface area contributed by atoms with Crippen molar-refractivity contribution in [3.63, 3.8) is 0 Å². The van der Waals surface area contributed by atoms with Crippen LogP contribution in [-0.2, 0) is 4.74 Å². The molecule has 3 fully saturated rings. The number of esters is 1. The molecule has 3 aliphatic carbocycles. The standard InChI is InChI=1S/C20H27N3O2/c1-5-25-19(24)14-10-22-18-13(6-7-21-18)17(14)23-16-9-12-8-15(11(16)2)20(12,3)4/h6-7,10-12,15-16H,5,8-9H2,1-4H3,(H2,21,22,23)/t11-,12-,15+,16-/m1/s1. The lowest BCUT2D eigenvalue weighted by Crippen LogP contribution is -2.58. The van der Waals surface area contributed by atoms with Crippen LogP contribution in [0.5, 0.6) is 0 Å². The van der Waals surface area contributed by atoms with Crippen LogP contribution in [0, 0.1) is 23.2 Å². The maximum Gasteiger partial charge on any atom is 0.341 e. The predicted octanol–water partition coefficient (Wildman–Crippen LogP) is 4.22. The number of carbonyl (C=O) groups is 1. The summed E-state index contributed by atoms with van der Waals surface area (Å²) in [5, 5.41) is 4.66. The van der Waals surface area contributed by atoms with E-state index in [-0.39, 0.29) is 5.97 Å². The number of hydrogen-bond acceptors (Lipinski definition) is 4. The monoisotopic (exact) mass is 341 g/mol. The van der Waals surface area contributed by atoms with Crippen molar-refractivity contribution in [2.45, 2.75) is 46.6 Å². The first-order chi connectivity index (χ1) is 11.9. The van der Waals surface area contributed by atoms with Gasteiger partial charge in [-0.1, -0.05) is 20.8 Å². The second-order valence-corrected chi connectivity index (χ2v) is 8.21. The highest BCUT2D eigenvalue weighted by molar-refractivity contribution is 6.04.